The van der Waals surface area contributed by atoms with Crippen molar-refractivity contribution >= 4 is 11.6 Å². The molecule has 1 amide bonds. The van der Waals surface area contributed by atoms with Crippen LogP contribution in [-0.2, 0) is 11.2 Å². The van der Waals surface area contributed by atoms with Gasteiger partial charge < -0.3 is 15.1 Å². The third-order valence-corrected chi connectivity index (χ3v) is 4.25. The summed E-state index contributed by atoms with van der Waals surface area (Å²) in [6.07, 6.45) is 2.28. The first kappa shape index (κ1) is 13.4. The van der Waals surface area contributed by atoms with Crippen LogP contribution in [0.25, 0.3) is 0 Å². The number of nitrogens with one attached hydrogen (secondary N) is 1. The maximum atomic E-state index is 12.4. The molecule has 0 radical (unpaired) electrons. The van der Waals surface area contributed by atoms with Gasteiger partial charge in [-0.05, 0) is 31.4 Å². The summed E-state index contributed by atoms with van der Waals surface area (Å²) in [7, 11) is 0. The number of hydrogen-bond donors (Lipinski definition) is 1. The lowest BCUT2D eigenvalue weighted by Gasteiger charge is -2.34. The number of piperazine rings is 1. The van der Waals surface area contributed by atoms with Gasteiger partial charge in [-0.2, -0.15) is 0 Å². The van der Waals surface area contributed by atoms with Crippen molar-refractivity contribution in [3.63, 3.8) is 0 Å². The Morgan fingerprint density at radius 1 is 1.25 bits per heavy atom. The highest BCUT2D eigenvalue weighted by Gasteiger charge is 2.22. The molecule has 0 aliphatic carbocycles. The van der Waals surface area contributed by atoms with Gasteiger partial charge >= 0.3 is 0 Å². The fraction of sp³-hybridized carbons (Fsp3) is 0.562. The maximum absolute atomic E-state index is 12.4. The molecule has 1 aromatic carbocycles. The van der Waals surface area contributed by atoms with Crippen molar-refractivity contribution in [1.29, 1.82) is 0 Å². The minimum Gasteiger partial charge on any atom is -0.362 e. The van der Waals surface area contributed by atoms with Crippen molar-refractivity contribution in [3.8, 4) is 0 Å². The summed E-state index contributed by atoms with van der Waals surface area (Å²) in [5.41, 5.74) is 3.95. The van der Waals surface area contributed by atoms with Crippen LogP contribution in [-0.4, -0.2) is 50.1 Å². The Balaban J connectivity index is 1.71. The van der Waals surface area contributed by atoms with Gasteiger partial charge in [0.05, 0.1) is 6.54 Å². The molecule has 3 rings (SSSR count). The molecule has 20 heavy (non-hydrogen) atoms. The molecule has 0 saturated carbocycles. The van der Waals surface area contributed by atoms with E-state index in [0.717, 1.165) is 45.6 Å². The second kappa shape index (κ2) is 5.83. The van der Waals surface area contributed by atoms with Gasteiger partial charge in [-0.25, -0.2) is 0 Å². The van der Waals surface area contributed by atoms with Crippen LogP contribution >= 0.6 is 0 Å². The SMILES string of the molecule is Cc1ccc2c(c1)CCCN2CC(=O)N1CCNCC1. The molecule has 2 heterocycles. The van der Waals surface area contributed by atoms with Gasteiger partial charge in [0.2, 0.25) is 5.91 Å². The lowest BCUT2D eigenvalue weighted by Crippen LogP contribution is -2.50. The molecular formula is C16H23N3O. The highest BCUT2D eigenvalue weighted by atomic mass is 16.2. The predicted octanol–water partition coefficient (Wildman–Crippen LogP) is 1.18. The molecule has 0 bridgehead atoms. The third-order valence-electron chi connectivity index (χ3n) is 4.25. The lowest BCUT2D eigenvalue weighted by atomic mass is 9.99. The number of hydrogen-bond acceptors (Lipinski definition) is 3. The van der Waals surface area contributed by atoms with E-state index in [9.17, 15) is 4.79 Å². The van der Waals surface area contributed by atoms with Gasteiger partial charge in [-0.15, -0.1) is 0 Å². The summed E-state index contributed by atoms with van der Waals surface area (Å²) in [6, 6.07) is 6.58. The Hall–Kier alpha value is -1.55. The third kappa shape index (κ3) is 2.80. The molecule has 0 unspecified atom stereocenters. The van der Waals surface area contributed by atoms with Crippen molar-refractivity contribution in [2.24, 2.45) is 0 Å². The quantitative estimate of drug-likeness (QED) is 0.879. The second-order valence-electron chi connectivity index (χ2n) is 5.79. The fourth-order valence-electron chi connectivity index (χ4n) is 3.15. The average Bonchev–Trinajstić information content (AvgIpc) is 2.48. The average molecular weight is 273 g/mol. The number of carbonyl (C=O) groups is 1. The topological polar surface area (TPSA) is 35.6 Å². The predicted molar refractivity (Wildman–Crippen MR) is 81.2 cm³/mol. The summed E-state index contributed by atoms with van der Waals surface area (Å²) in [4.78, 5) is 16.6. The number of rotatable bonds is 2. The van der Waals surface area contributed by atoms with Crippen LogP contribution in [0.2, 0.25) is 0 Å². The minimum absolute atomic E-state index is 0.264. The van der Waals surface area contributed by atoms with Crippen molar-refractivity contribution in [1.82, 2.24) is 10.2 Å². The van der Waals surface area contributed by atoms with E-state index in [1.54, 1.807) is 0 Å². The second-order valence-corrected chi connectivity index (χ2v) is 5.79. The van der Waals surface area contributed by atoms with Crippen LogP contribution in [0.15, 0.2) is 18.2 Å². The van der Waals surface area contributed by atoms with Gasteiger partial charge in [-0.1, -0.05) is 17.7 Å². The van der Waals surface area contributed by atoms with Gasteiger partial charge in [0.25, 0.3) is 0 Å². The van der Waals surface area contributed by atoms with E-state index in [4.69, 9.17) is 0 Å². The van der Waals surface area contributed by atoms with E-state index in [-0.39, 0.29) is 5.91 Å². The van der Waals surface area contributed by atoms with Crippen molar-refractivity contribution in [2.75, 3.05) is 44.2 Å². The van der Waals surface area contributed by atoms with E-state index in [1.807, 2.05) is 4.90 Å². The monoisotopic (exact) mass is 273 g/mol. The Kier molecular flexibility index (Phi) is 3.92. The highest BCUT2D eigenvalue weighted by Crippen LogP contribution is 2.27. The van der Waals surface area contributed by atoms with Gasteiger partial charge in [0, 0.05) is 38.4 Å². The van der Waals surface area contributed by atoms with Gasteiger partial charge in [0.15, 0.2) is 0 Å². The number of aryl methyl sites for hydroxylation is 2. The van der Waals surface area contributed by atoms with Crippen LogP contribution in [0.5, 0.6) is 0 Å². The van der Waals surface area contributed by atoms with E-state index in [1.165, 1.54) is 16.8 Å². The minimum atomic E-state index is 0.264. The normalized spacial score (nSPS) is 18.9. The fourth-order valence-corrected chi connectivity index (χ4v) is 3.15. The Morgan fingerprint density at radius 3 is 2.85 bits per heavy atom. The summed E-state index contributed by atoms with van der Waals surface area (Å²) in [5.74, 6) is 0.264. The molecule has 1 saturated heterocycles. The number of anilines is 1. The van der Waals surface area contributed by atoms with Gasteiger partial charge in [0.1, 0.15) is 0 Å². The first-order chi connectivity index (χ1) is 9.74. The van der Waals surface area contributed by atoms with Crippen molar-refractivity contribution in [2.45, 2.75) is 19.8 Å². The van der Waals surface area contributed by atoms with Crippen molar-refractivity contribution in [3.05, 3.63) is 29.3 Å². The summed E-state index contributed by atoms with van der Waals surface area (Å²) in [6.45, 7) is 7.17. The molecule has 1 aromatic rings. The molecule has 2 aliphatic heterocycles. The zero-order valence-corrected chi connectivity index (χ0v) is 12.2. The van der Waals surface area contributed by atoms with E-state index < -0.39 is 0 Å². The Morgan fingerprint density at radius 2 is 2.05 bits per heavy atom. The number of fused-ring (bicyclic) bond motifs is 1. The lowest BCUT2D eigenvalue weighted by molar-refractivity contribution is -0.130. The molecule has 0 aromatic heterocycles. The van der Waals surface area contributed by atoms with Crippen LogP contribution in [0.4, 0.5) is 5.69 Å². The largest absolute Gasteiger partial charge is 0.362 e. The smallest absolute Gasteiger partial charge is 0.242 e. The molecule has 4 heteroatoms. The number of nitrogens with zero attached hydrogens (tertiary/aromatic N) is 2. The molecule has 0 atom stereocenters. The van der Waals surface area contributed by atoms with E-state index in [2.05, 4.69) is 35.3 Å². The summed E-state index contributed by atoms with van der Waals surface area (Å²) in [5, 5.41) is 3.29. The summed E-state index contributed by atoms with van der Waals surface area (Å²) < 4.78 is 0. The standard InChI is InChI=1S/C16H23N3O/c1-13-4-5-15-14(11-13)3-2-8-19(15)12-16(20)18-9-6-17-7-10-18/h4-5,11,17H,2-3,6-10,12H2,1H3. The van der Waals surface area contributed by atoms with Crippen LogP contribution in [0.1, 0.15) is 17.5 Å². The van der Waals surface area contributed by atoms with Gasteiger partial charge in [-0.3, -0.25) is 4.79 Å². The first-order valence-corrected chi connectivity index (χ1v) is 7.57. The van der Waals surface area contributed by atoms with Crippen LogP contribution < -0.4 is 10.2 Å². The number of carbonyl (C=O) groups excluding carboxylic acids is 1. The molecule has 1 fully saturated rings. The highest BCUT2D eigenvalue weighted by molar-refractivity contribution is 5.82. The zero-order valence-electron chi connectivity index (χ0n) is 12.2. The number of amides is 1. The molecular weight excluding hydrogens is 250 g/mol. The van der Waals surface area contributed by atoms with E-state index in [0.29, 0.717) is 6.54 Å². The zero-order chi connectivity index (χ0) is 13.9. The number of benzene rings is 1. The maximum Gasteiger partial charge on any atom is 0.242 e. The van der Waals surface area contributed by atoms with Crippen LogP contribution in [0.3, 0.4) is 0 Å². The van der Waals surface area contributed by atoms with Crippen molar-refractivity contribution < 1.29 is 4.79 Å². The molecule has 4 nitrogen and oxygen atoms in total. The molecule has 2 aliphatic rings. The summed E-state index contributed by atoms with van der Waals surface area (Å²) >= 11 is 0. The molecule has 108 valence electrons. The molecule has 1 N–H and O–H groups in total. The van der Waals surface area contributed by atoms with Crippen LogP contribution in [0, 0.1) is 6.92 Å². The Bertz CT molecular complexity index is 494. The Labute approximate surface area is 120 Å². The first-order valence-electron chi connectivity index (χ1n) is 7.57. The molecule has 0 spiro atoms. The van der Waals surface area contributed by atoms with E-state index >= 15 is 0 Å².